The number of benzene rings is 3. The Kier molecular flexibility index (Phi) is 6.33. The highest BCUT2D eigenvalue weighted by molar-refractivity contribution is 9.08. The number of hydrogen-bond acceptors (Lipinski definition) is 2. The number of pyridine rings is 1. The Bertz CT molecular complexity index is 1270. The van der Waals surface area contributed by atoms with Crippen LogP contribution in [-0.4, -0.2) is 10.5 Å². The van der Waals surface area contributed by atoms with Crippen LogP contribution in [0.15, 0.2) is 89.7 Å². The molecule has 1 amide bonds. The highest BCUT2D eigenvalue weighted by atomic mass is 79.9. The van der Waals surface area contributed by atoms with Gasteiger partial charge in [0, 0.05) is 21.8 Å². The molecule has 0 spiro atoms. The van der Waals surface area contributed by atoms with Gasteiger partial charge in [-0.2, -0.15) is 0 Å². The van der Waals surface area contributed by atoms with E-state index in [-0.39, 0.29) is 17.5 Å². The van der Waals surface area contributed by atoms with E-state index in [2.05, 4.69) is 21.2 Å². The number of alkyl halides is 1. The Labute approximate surface area is 189 Å². The van der Waals surface area contributed by atoms with Crippen molar-refractivity contribution in [3.8, 4) is 5.69 Å². The minimum absolute atomic E-state index is 0.118. The van der Waals surface area contributed by atoms with E-state index in [0.29, 0.717) is 27.4 Å². The maximum absolute atomic E-state index is 13.6. The predicted molar refractivity (Wildman–Crippen MR) is 129 cm³/mol. The Hall–Kier alpha value is -3.18. The van der Waals surface area contributed by atoms with Crippen molar-refractivity contribution in [2.24, 2.45) is 0 Å². The number of hydrogen-bond donors (Lipinski definition) is 1. The topological polar surface area (TPSA) is 51.1 Å². The second-order valence-corrected chi connectivity index (χ2v) is 7.88. The first-order valence-corrected chi connectivity index (χ1v) is 11.4. The van der Waals surface area contributed by atoms with Crippen molar-refractivity contribution >= 4 is 32.6 Å². The van der Waals surface area contributed by atoms with Crippen LogP contribution in [-0.2, 0) is 5.33 Å². The third-order valence-electron chi connectivity index (χ3n) is 5.47. The van der Waals surface area contributed by atoms with Crippen LogP contribution in [0.1, 0.15) is 41.0 Å². The normalized spacial score (nSPS) is 11.9. The lowest BCUT2D eigenvalue weighted by atomic mass is 10.0. The number of amides is 1. The van der Waals surface area contributed by atoms with Crippen molar-refractivity contribution in [3.05, 3.63) is 112 Å². The summed E-state index contributed by atoms with van der Waals surface area (Å²) in [6.07, 6.45) is 0.760. The molecule has 0 aliphatic heterocycles. The van der Waals surface area contributed by atoms with E-state index in [4.69, 9.17) is 0 Å². The van der Waals surface area contributed by atoms with Gasteiger partial charge in [-0.25, -0.2) is 0 Å². The molecule has 0 bridgehead atoms. The molecule has 3 aromatic carbocycles. The number of carbonyl (C=O) groups excluding carboxylic acids is 1. The molecule has 1 atom stereocenters. The van der Waals surface area contributed by atoms with E-state index in [1.807, 2.05) is 85.8 Å². The van der Waals surface area contributed by atoms with Gasteiger partial charge < -0.3 is 5.32 Å². The molecule has 0 fully saturated rings. The largest absolute Gasteiger partial charge is 0.345 e. The first kappa shape index (κ1) is 21.1. The molecule has 1 aromatic heterocycles. The summed E-state index contributed by atoms with van der Waals surface area (Å²) in [7, 11) is 0. The summed E-state index contributed by atoms with van der Waals surface area (Å²) >= 11 is 3.53. The predicted octanol–water partition coefficient (Wildman–Crippen LogP) is 5.77. The monoisotopic (exact) mass is 474 g/mol. The average Bonchev–Trinajstić information content (AvgIpc) is 2.83. The fourth-order valence-corrected chi connectivity index (χ4v) is 4.50. The fraction of sp³-hybridized carbons (Fsp3) is 0.154. The molecule has 1 N–H and O–H groups in total. The lowest BCUT2D eigenvalue weighted by Crippen LogP contribution is -2.32. The van der Waals surface area contributed by atoms with Crippen molar-refractivity contribution in [2.45, 2.75) is 24.7 Å². The molecule has 0 saturated carbocycles. The van der Waals surface area contributed by atoms with Gasteiger partial charge in [0.25, 0.3) is 11.5 Å². The van der Waals surface area contributed by atoms with Gasteiger partial charge in [-0.15, -0.1) is 0 Å². The van der Waals surface area contributed by atoms with Crippen molar-refractivity contribution in [1.82, 2.24) is 9.88 Å². The molecule has 0 unspecified atom stereocenters. The number of carbonyl (C=O) groups is 1. The highest BCUT2D eigenvalue weighted by Crippen LogP contribution is 2.26. The van der Waals surface area contributed by atoms with Gasteiger partial charge in [0.05, 0.1) is 17.3 Å². The summed E-state index contributed by atoms with van der Waals surface area (Å²) < 4.78 is 1.63. The summed E-state index contributed by atoms with van der Waals surface area (Å²) in [6.45, 7) is 2.05. The van der Waals surface area contributed by atoms with E-state index in [1.165, 1.54) is 0 Å². The molecular weight excluding hydrogens is 452 g/mol. The second-order valence-electron chi connectivity index (χ2n) is 7.32. The maximum atomic E-state index is 13.6. The Balaban J connectivity index is 1.92. The van der Waals surface area contributed by atoms with Crippen LogP contribution in [0.4, 0.5) is 0 Å². The standard InChI is InChI=1S/C26H23BrN2O2/c1-2-22(18-11-5-3-6-12-18)28-25(30)24-20-15-9-10-16-21(20)26(31)29(23(24)17-27)19-13-7-4-8-14-19/h3-16,22H,2,17H2,1H3,(H,28,30)/t22-/m0/s1. The lowest BCUT2D eigenvalue weighted by Gasteiger charge is -2.22. The summed E-state index contributed by atoms with van der Waals surface area (Å²) in [5, 5.41) is 4.74. The first-order valence-electron chi connectivity index (χ1n) is 10.3. The number of rotatable bonds is 6. The van der Waals surface area contributed by atoms with Gasteiger partial charge in [-0.1, -0.05) is 89.6 Å². The number of nitrogens with one attached hydrogen (secondary N) is 1. The zero-order chi connectivity index (χ0) is 21.8. The van der Waals surface area contributed by atoms with Gasteiger partial charge in [-0.3, -0.25) is 14.2 Å². The summed E-state index contributed by atoms with van der Waals surface area (Å²) in [4.78, 5) is 27.0. The third-order valence-corrected chi connectivity index (χ3v) is 6.00. The van der Waals surface area contributed by atoms with Gasteiger partial charge in [0.2, 0.25) is 0 Å². The molecule has 156 valence electrons. The van der Waals surface area contributed by atoms with Gasteiger partial charge in [-0.05, 0) is 30.2 Å². The Morgan fingerprint density at radius 1 is 0.903 bits per heavy atom. The zero-order valence-corrected chi connectivity index (χ0v) is 18.8. The number of aromatic nitrogens is 1. The van der Waals surface area contributed by atoms with E-state index in [9.17, 15) is 9.59 Å². The second kappa shape index (κ2) is 9.31. The molecule has 0 radical (unpaired) electrons. The molecule has 4 nitrogen and oxygen atoms in total. The van der Waals surface area contributed by atoms with Gasteiger partial charge in [0.15, 0.2) is 0 Å². The van der Waals surface area contributed by atoms with E-state index in [0.717, 1.165) is 17.7 Å². The highest BCUT2D eigenvalue weighted by Gasteiger charge is 2.23. The van der Waals surface area contributed by atoms with Crippen LogP contribution in [0.3, 0.4) is 0 Å². The summed E-state index contributed by atoms with van der Waals surface area (Å²) in [6, 6.07) is 26.6. The molecule has 4 rings (SSSR count). The first-order chi connectivity index (χ1) is 15.2. The fourth-order valence-electron chi connectivity index (χ4n) is 3.96. The van der Waals surface area contributed by atoms with E-state index in [1.54, 1.807) is 10.6 Å². The quantitative estimate of drug-likeness (QED) is 0.360. The molecule has 1 heterocycles. The minimum atomic E-state index is -0.189. The van der Waals surface area contributed by atoms with Crippen LogP contribution < -0.4 is 10.9 Å². The Morgan fingerprint density at radius 2 is 1.48 bits per heavy atom. The maximum Gasteiger partial charge on any atom is 0.263 e. The average molecular weight is 475 g/mol. The Morgan fingerprint density at radius 3 is 2.10 bits per heavy atom. The van der Waals surface area contributed by atoms with Crippen LogP contribution in [0.2, 0.25) is 0 Å². The number of para-hydroxylation sites is 1. The number of halogens is 1. The van der Waals surface area contributed by atoms with Crippen molar-refractivity contribution in [3.63, 3.8) is 0 Å². The SMILES string of the molecule is CC[C@H](NC(=O)c1c(CBr)n(-c2ccccc2)c(=O)c2ccccc12)c1ccccc1. The molecular formula is C26H23BrN2O2. The third kappa shape index (κ3) is 4.06. The molecule has 5 heteroatoms. The van der Waals surface area contributed by atoms with Crippen molar-refractivity contribution in [2.75, 3.05) is 0 Å². The molecule has 0 saturated heterocycles. The summed E-state index contributed by atoms with van der Waals surface area (Å²) in [5.41, 5.74) is 2.81. The minimum Gasteiger partial charge on any atom is -0.345 e. The van der Waals surface area contributed by atoms with Crippen molar-refractivity contribution in [1.29, 1.82) is 0 Å². The summed E-state index contributed by atoms with van der Waals surface area (Å²) in [5.74, 6) is -0.189. The van der Waals surface area contributed by atoms with Crippen molar-refractivity contribution < 1.29 is 4.79 Å². The van der Waals surface area contributed by atoms with Crippen LogP contribution in [0, 0.1) is 0 Å². The van der Waals surface area contributed by atoms with Crippen LogP contribution >= 0.6 is 15.9 Å². The molecule has 4 aromatic rings. The van der Waals surface area contributed by atoms with Crippen LogP contribution in [0.25, 0.3) is 16.5 Å². The number of fused-ring (bicyclic) bond motifs is 1. The molecule has 0 aliphatic rings. The van der Waals surface area contributed by atoms with Crippen LogP contribution in [0.5, 0.6) is 0 Å². The van der Waals surface area contributed by atoms with Gasteiger partial charge >= 0.3 is 0 Å². The lowest BCUT2D eigenvalue weighted by molar-refractivity contribution is 0.0936. The molecule has 0 aliphatic carbocycles. The van der Waals surface area contributed by atoms with E-state index >= 15 is 0 Å². The molecule has 31 heavy (non-hydrogen) atoms. The van der Waals surface area contributed by atoms with Gasteiger partial charge in [0.1, 0.15) is 0 Å². The van der Waals surface area contributed by atoms with E-state index < -0.39 is 0 Å². The number of nitrogens with zero attached hydrogens (tertiary/aromatic N) is 1. The smallest absolute Gasteiger partial charge is 0.263 e. The zero-order valence-electron chi connectivity index (χ0n) is 17.2.